The molecule has 21 heavy (non-hydrogen) atoms. The van der Waals surface area contributed by atoms with Crippen molar-refractivity contribution in [2.45, 2.75) is 43.5 Å². The lowest BCUT2D eigenvalue weighted by atomic mass is 9.96. The Morgan fingerprint density at radius 3 is 2.38 bits per heavy atom. The Morgan fingerprint density at radius 1 is 1.24 bits per heavy atom. The number of aliphatic carboxylic acids is 1. The molecule has 0 radical (unpaired) electrons. The fraction of sp³-hybridized carbons (Fsp3) is 0.833. The molecule has 0 bridgehead atoms. The van der Waals surface area contributed by atoms with Crippen LogP contribution in [0.1, 0.15) is 12.8 Å². The van der Waals surface area contributed by atoms with Gasteiger partial charge in [0, 0.05) is 20.6 Å². The van der Waals surface area contributed by atoms with Gasteiger partial charge in [0.05, 0.1) is 13.0 Å². The highest BCUT2D eigenvalue weighted by molar-refractivity contribution is 5.80. The lowest BCUT2D eigenvalue weighted by molar-refractivity contribution is -0.267. The zero-order chi connectivity index (χ0) is 16.0. The first-order valence-corrected chi connectivity index (χ1v) is 6.45. The molecule has 0 aromatic rings. The highest BCUT2D eigenvalue weighted by Crippen LogP contribution is 2.23. The van der Waals surface area contributed by atoms with Crippen LogP contribution >= 0.6 is 0 Å². The predicted octanol–water partition coefficient (Wildman–Crippen LogP) is -1.92. The second kappa shape index (κ2) is 8.25. The van der Waals surface area contributed by atoms with E-state index in [-0.39, 0.29) is 19.4 Å². The van der Waals surface area contributed by atoms with Crippen molar-refractivity contribution in [3.8, 4) is 0 Å². The number of ether oxygens (including phenoxy) is 3. The molecule has 1 amide bonds. The fourth-order valence-electron chi connectivity index (χ4n) is 2.19. The van der Waals surface area contributed by atoms with Crippen molar-refractivity contribution in [1.82, 2.24) is 5.32 Å². The van der Waals surface area contributed by atoms with Crippen molar-refractivity contribution in [1.29, 1.82) is 0 Å². The summed E-state index contributed by atoms with van der Waals surface area (Å²) in [6.45, 7) is -0.380. The van der Waals surface area contributed by atoms with Crippen LogP contribution in [0.4, 0.5) is 0 Å². The van der Waals surface area contributed by atoms with Gasteiger partial charge < -0.3 is 34.8 Å². The molecule has 0 spiro atoms. The lowest BCUT2D eigenvalue weighted by Gasteiger charge is -2.43. The number of methoxy groups -OCH3 is 2. The summed E-state index contributed by atoms with van der Waals surface area (Å²) in [4.78, 5) is 22.1. The molecule has 1 fully saturated rings. The maximum Gasteiger partial charge on any atom is 0.303 e. The zero-order valence-electron chi connectivity index (χ0n) is 11.9. The van der Waals surface area contributed by atoms with Gasteiger partial charge in [-0.25, -0.2) is 0 Å². The molecule has 1 heterocycles. The van der Waals surface area contributed by atoms with Gasteiger partial charge in [0.2, 0.25) is 5.91 Å². The number of carbonyl (C=O) groups is 2. The van der Waals surface area contributed by atoms with E-state index in [4.69, 9.17) is 19.3 Å². The summed E-state index contributed by atoms with van der Waals surface area (Å²) < 4.78 is 15.5. The monoisotopic (exact) mass is 307 g/mol. The molecule has 0 aromatic heterocycles. The van der Waals surface area contributed by atoms with E-state index in [9.17, 15) is 19.8 Å². The van der Waals surface area contributed by atoms with Crippen molar-refractivity contribution < 1.29 is 39.1 Å². The maximum atomic E-state index is 11.7. The molecule has 5 atom stereocenters. The van der Waals surface area contributed by atoms with Crippen molar-refractivity contribution in [2.24, 2.45) is 0 Å². The van der Waals surface area contributed by atoms with E-state index in [0.29, 0.717) is 0 Å². The number of carboxylic acid groups (broad SMARTS) is 1. The third-order valence-electron chi connectivity index (χ3n) is 3.25. The Morgan fingerprint density at radius 2 is 1.90 bits per heavy atom. The lowest BCUT2D eigenvalue weighted by Crippen LogP contribution is -2.65. The standard InChI is InChI=1S/C12H21NO8/c1-19-11-6(5-14)21-12(20-2)9(10(11)18)13-7(15)3-4-8(16)17/h6,9-12,14,18H,3-5H2,1-2H3,(H,13,15)(H,16,17). The maximum absolute atomic E-state index is 11.7. The number of hydrogen-bond acceptors (Lipinski definition) is 7. The van der Waals surface area contributed by atoms with Crippen LogP contribution in [-0.2, 0) is 23.8 Å². The van der Waals surface area contributed by atoms with Gasteiger partial charge in [0.1, 0.15) is 24.4 Å². The van der Waals surface area contributed by atoms with Gasteiger partial charge in [-0.1, -0.05) is 0 Å². The highest BCUT2D eigenvalue weighted by atomic mass is 16.7. The van der Waals surface area contributed by atoms with Gasteiger partial charge in [-0.3, -0.25) is 9.59 Å². The average molecular weight is 307 g/mol. The summed E-state index contributed by atoms with van der Waals surface area (Å²) in [5, 5.41) is 30.5. The minimum absolute atomic E-state index is 0.226. The second-order valence-corrected chi connectivity index (χ2v) is 4.64. The van der Waals surface area contributed by atoms with Gasteiger partial charge in [-0.05, 0) is 0 Å². The van der Waals surface area contributed by atoms with Crippen LogP contribution < -0.4 is 5.32 Å². The summed E-state index contributed by atoms with van der Waals surface area (Å²) >= 11 is 0. The van der Waals surface area contributed by atoms with Crippen LogP contribution in [0.15, 0.2) is 0 Å². The Balaban J connectivity index is 2.72. The SMILES string of the molecule is COC1OC(CO)C(OC)C(O)C1NC(=O)CCC(=O)O. The third-order valence-corrected chi connectivity index (χ3v) is 3.25. The summed E-state index contributed by atoms with van der Waals surface area (Å²) in [5.41, 5.74) is 0. The number of nitrogens with one attached hydrogen (secondary N) is 1. The summed E-state index contributed by atoms with van der Waals surface area (Å²) in [5.74, 6) is -1.65. The van der Waals surface area contributed by atoms with Crippen LogP contribution in [0, 0.1) is 0 Å². The summed E-state index contributed by atoms with van der Waals surface area (Å²) in [6, 6.07) is -0.927. The molecule has 0 saturated carbocycles. The van der Waals surface area contributed by atoms with Gasteiger partial charge >= 0.3 is 5.97 Å². The van der Waals surface area contributed by atoms with Crippen molar-refractivity contribution in [2.75, 3.05) is 20.8 Å². The fourth-order valence-corrected chi connectivity index (χ4v) is 2.19. The largest absolute Gasteiger partial charge is 0.481 e. The molecule has 122 valence electrons. The molecule has 1 aliphatic heterocycles. The molecule has 1 aliphatic rings. The van der Waals surface area contributed by atoms with Crippen molar-refractivity contribution in [3.63, 3.8) is 0 Å². The number of carboxylic acids is 1. The Labute approximate surface area is 121 Å². The van der Waals surface area contributed by atoms with E-state index in [1.54, 1.807) is 0 Å². The van der Waals surface area contributed by atoms with Gasteiger partial charge in [-0.15, -0.1) is 0 Å². The van der Waals surface area contributed by atoms with Crippen LogP contribution in [0.5, 0.6) is 0 Å². The molecule has 0 aliphatic carbocycles. The molecular weight excluding hydrogens is 286 g/mol. The molecule has 1 rings (SSSR count). The van der Waals surface area contributed by atoms with Crippen molar-refractivity contribution >= 4 is 11.9 Å². The number of aliphatic hydroxyl groups is 2. The van der Waals surface area contributed by atoms with Gasteiger partial charge in [0.15, 0.2) is 6.29 Å². The predicted molar refractivity (Wildman–Crippen MR) is 68.4 cm³/mol. The molecule has 9 nitrogen and oxygen atoms in total. The van der Waals surface area contributed by atoms with Gasteiger partial charge in [-0.2, -0.15) is 0 Å². The number of rotatable bonds is 7. The Hall–Kier alpha value is -1.26. The number of hydrogen-bond donors (Lipinski definition) is 4. The second-order valence-electron chi connectivity index (χ2n) is 4.64. The quantitative estimate of drug-likeness (QED) is 0.427. The van der Waals surface area contributed by atoms with Crippen LogP contribution in [0.2, 0.25) is 0 Å². The van der Waals surface area contributed by atoms with Crippen LogP contribution in [0.25, 0.3) is 0 Å². The average Bonchev–Trinajstić information content (AvgIpc) is 2.46. The minimum atomic E-state index is -1.17. The summed E-state index contributed by atoms with van der Waals surface area (Å²) in [7, 11) is 2.67. The number of carbonyl (C=O) groups excluding carboxylic acids is 1. The van der Waals surface area contributed by atoms with E-state index >= 15 is 0 Å². The Kier molecular flexibility index (Phi) is 6.99. The smallest absolute Gasteiger partial charge is 0.303 e. The first kappa shape index (κ1) is 17.8. The highest BCUT2D eigenvalue weighted by Gasteiger charge is 2.46. The zero-order valence-corrected chi connectivity index (χ0v) is 11.9. The van der Waals surface area contributed by atoms with Crippen LogP contribution in [-0.4, -0.2) is 78.7 Å². The first-order chi connectivity index (χ1) is 9.94. The van der Waals surface area contributed by atoms with E-state index in [1.165, 1.54) is 14.2 Å². The molecule has 9 heteroatoms. The van der Waals surface area contributed by atoms with Crippen molar-refractivity contribution in [3.05, 3.63) is 0 Å². The molecule has 4 N–H and O–H groups in total. The minimum Gasteiger partial charge on any atom is -0.481 e. The van der Waals surface area contributed by atoms with E-state index in [2.05, 4.69) is 5.32 Å². The molecule has 0 aromatic carbocycles. The molecule has 5 unspecified atom stereocenters. The first-order valence-electron chi connectivity index (χ1n) is 6.45. The van der Waals surface area contributed by atoms with E-state index < -0.39 is 42.5 Å². The topological polar surface area (TPSA) is 135 Å². The van der Waals surface area contributed by atoms with Crippen LogP contribution in [0.3, 0.4) is 0 Å². The molecule has 1 saturated heterocycles. The van der Waals surface area contributed by atoms with E-state index in [1.807, 2.05) is 0 Å². The third kappa shape index (κ3) is 4.61. The summed E-state index contributed by atoms with van der Waals surface area (Å²) in [6.07, 6.45) is -4.32. The number of aliphatic hydroxyl groups excluding tert-OH is 2. The normalized spacial score (nSPS) is 32.7. The van der Waals surface area contributed by atoms with E-state index in [0.717, 1.165) is 0 Å². The Bertz CT molecular complexity index is 363. The van der Waals surface area contributed by atoms with Gasteiger partial charge in [0.25, 0.3) is 0 Å². The number of amides is 1. The molecular formula is C12H21NO8.